The Balaban J connectivity index is 2.38. The first-order chi connectivity index (χ1) is 6.74. The van der Waals surface area contributed by atoms with Gasteiger partial charge in [0.2, 0.25) is 0 Å². The van der Waals surface area contributed by atoms with Gasteiger partial charge in [-0.2, -0.15) is 0 Å². The van der Waals surface area contributed by atoms with Gasteiger partial charge >= 0.3 is 0 Å². The SMILES string of the molecule is CCCSC(=O)NC(=O)c1csnn1. The Morgan fingerprint density at radius 1 is 1.64 bits per heavy atom. The molecule has 1 rings (SSSR count). The quantitative estimate of drug-likeness (QED) is 0.854. The van der Waals surface area contributed by atoms with Crippen LogP contribution in [0.25, 0.3) is 0 Å². The van der Waals surface area contributed by atoms with Crippen LogP contribution < -0.4 is 5.32 Å². The van der Waals surface area contributed by atoms with Crippen molar-refractivity contribution in [3.8, 4) is 0 Å². The second kappa shape index (κ2) is 5.71. The smallest absolute Gasteiger partial charge is 0.282 e. The van der Waals surface area contributed by atoms with Gasteiger partial charge in [-0.25, -0.2) is 0 Å². The molecule has 0 saturated heterocycles. The molecule has 1 aromatic rings. The lowest BCUT2D eigenvalue weighted by Crippen LogP contribution is -2.27. The summed E-state index contributed by atoms with van der Waals surface area (Å²) in [7, 11) is 0. The van der Waals surface area contributed by atoms with Crippen LogP contribution >= 0.6 is 23.3 Å². The summed E-state index contributed by atoms with van der Waals surface area (Å²) in [5.41, 5.74) is 0.181. The minimum atomic E-state index is -0.493. The van der Waals surface area contributed by atoms with Gasteiger partial charge in [-0.1, -0.05) is 23.2 Å². The molecule has 0 aliphatic carbocycles. The number of hydrogen-bond donors (Lipinski definition) is 1. The molecule has 1 heterocycles. The Morgan fingerprint density at radius 2 is 2.43 bits per heavy atom. The molecule has 76 valence electrons. The van der Waals surface area contributed by atoms with Crippen LogP contribution in [-0.2, 0) is 0 Å². The largest absolute Gasteiger partial charge is 0.285 e. The number of carbonyl (C=O) groups excluding carboxylic acids is 2. The molecule has 0 radical (unpaired) electrons. The lowest BCUT2D eigenvalue weighted by atomic mass is 10.5. The van der Waals surface area contributed by atoms with Gasteiger partial charge in [-0.15, -0.1) is 5.10 Å². The van der Waals surface area contributed by atoms with E-state index in [1.54, 1.807) is 0 Å². The second-order valence-electron chi connectivity index (χ2n) is 2.38. The van der Waals surface area contributed by atoms with Gasteiger partial charge in [0.1, 0.15) is 0 Å². The van der Waals surface area contributed by atoms with Gasteiger partial charge in [-0.3, -0.25) is 14.9 Å². The van der Waals surface area contributed by atoms with Crippen molar-refractivity contribution in [2.45, 2.75) is 13.3 Å². The monoisotopic (exact) mass is 231 g/mol. The number of imide groups is 1. The molecular formula is C7H9N3O2S2. The third-order valence-corrected chi connectivity index (χ3v) is 2.73. The summed E-state index contributed by atoms with van der Waals surface area (Å²) in [4.78, 5) is 22.3. The van der Waals surface area contributed by atoms with E-state index in [1.807, 2.05) is 6.92 Å². The standard InChI is InChI=1S/C7H9N3O2S2/c1-2-3-13-7(12)8-6(11)5-4-14-10-9-5/h4H,2-3H2,1H3,(H,8,11,12). The predicted octanol–water partition coefficient (Wildman–Crippen LogP) is 1.53. The molecule has 2 amide bonds. The molecule has 0 atom stereocenters. The lowest BCUT2D eigenvalue weighted by Gasteiger charge is -1.99. The highest BCUT2D eigenvalue weighted by atomic mass is 32.2. The number of amides is 2. The average Bonchev–Trinajstić information content (AvgIpc) is 2.67. The number of carbonyl (C=O) groups is 2. The number of nitrogens with one attached hydrogen (secondary N) is 1. The van der Waals surface area contributed by atoms with E-state index in [0.717, 1.165) is 29.7 Å². The molecule has 0 aliphatic heterocycles. The van der Waals surface area contributed by atoms with Gasteiger partial charge in [-0.05, 0) is 18.0 Å². The zero-order valence-electron chi connectivity index (χ0n) is 7.52. The Bertz CT molecular complexity index is 313. The van der Waals surface area contributed by atoms with Crippen LogP contribution in [0.15, 0.2) is 5.38 Å². The van der Waals surface area contributed by atoms with E-state index in [9.17, 15) is 9.59 Å². The highest BCUT2D eigenvalue weighted by molar-refractivity contribution is 8.13. The summed E-state index contributed by atoms with van der Waals surface area (Å²) in [6.07, 6.45) is 0.893. The van der Waals surface area contributed by atoms with Crippen molar-refractivity contribution >= 4 is 34.4 Å². The molecule has 14 heavy (non-hydrogen) atoms. The minimum Gasteiger partial charge on any atom is -0.282 e. The van der Waals surface area contributed by atoms with Gasteiger partial charge in [0.15, 0.2) is 5.69 Å². The molecule has 1 N–H and O–H groups in total. The molecule has 5 nitrogen and oxygen atoms in total. The normalized spacial score (nSPS) is 9.79. The fourth-order valence-electron chi connectivity index (χ4n) is 0.651. The Labute approximate surface area is 89.4 Å². The maximum atomic E-state index is 11.2. The maximum Gasteiger partial charge on any atom is 0.285 e. The van der Waals surface area contributed by atoms with Crippen molar-refractivity contribution in [2.24, 2.45) is 0 Å². The highest BCUT2D eigenvalue weighted by Gasteiger charge is 2.12. The van der Waals surface area contributed by atoms with E-state index in [1.165, 1.54) is 5.38 Å². The van der Waals surface area contributed by atoms with Crippen LogP contribution in [-0.4, -0.2) is 26.5 Å². The molecule has 0 aliphatic rings. The Hall–Kier alpha value is -0.950. The van der Waals surface area contributed by atoms with Crippen molar-refractivity contribution in [1.29, 1.82) is 0 Å². The van der Waals surface area contributed by atoms with E-state index in [2.05, 4.69) is 14.9 Å². The minimum absolute atomic E-state index is 0.181. The van der Waals surface area contributed by atoms with E-state index in [-0.39, 0.29) is 10.9 Å². The van der Waals surface area contributed by atoms with Crippen molar-refractivity contribution in [3.05, 3.63) is 11.1 Å². The van der Waals surface area contributed by atoms with Gasteiger partial charge in [0, 0.05) is 11.1 Å². The zero-order chi connectivity index (χ0) is 10.4. The predicted molar refractivity (Wildman–Crippen MR) is 55.5 cm³/mol. The van der Waals surface area contributed by atoms with Crippen molar-refractivity contribution in [1.82, 2.24) is 14.9 Å². The molecular weight excluding hydrogens is 222 g/mol. The molecule has 0 bridgehead atoms. The van der Waals surface area contributed by atoms with Crippen LogP contribution in [0, 0.1) is 0 Å². The molecule has 0 spiro atoms. The van der Waals surface area contributed by atoms with Crippen molar-refractivity contribution in [2.75, 3.05) is 5.75 Å². The third kappa shape index (κ3) is 3.43. The zero-order valence-corrected chi connectivity index (χ0v) is 9.15. The summed E-state index contributed by atoms with van der Waals surface area (Å²) in [5, 5.41) is 6.90. The fourth-order valence-corrected chi connectivity index (χ4v) is 1.64. The summed E-state index contributed by atoms with van der Waals surface area (Å²) >= 11 is 2.16. The summed E-state index contributed by atoms with van der Waals surface area (Å²) in [5.74, 6) is 0.210. The molecule has 0 fully saturated rings. The molecule has 0 saturated carbocycles. The van der Waals surface area contributed by atoms with E-state index in [4.69, 9.17) is 0 Å². The van der Waals surface area contributed by atoms with E-state index < -0.39 is 5.91 Å². The second-order valence-corrected chi connectivity index (χ2v) is 4.06. The Kier molecular flexibility index (Phi) is 4.54. The van der Waals surface area contributed by atoms with Crippen LogP contribution in [0.3, 0.4) is 0 Å². The van der Waals surface area contributed by atoms with Crippen LogP contribution in [0.5, 0.6) is 0 Å². The third-order valence-electron chi connectivity index (χ3n) is 1.25. The first kappa shape index (κ1) is 11.1. The Morgan fingerprint density at radius 3 is 3.00 bits per heavy atom. The molecule has 0 unspecified atom stereocenters. The maximum absolute atomic E-state index is 11.2. The van der Waals surface area contributed by atoms with Gasteiger partial charge in [0.25, 0.3) is 11.1 Å². The number of hydrogen-bond acceptors (Lipinski definition) is 6. The lowest BCUT2D eigenvalue weighted by molar-refractivity contribution is 0.0964. The van der Waals surface area contributed by atoms with E-state index >= 15 is 0 Å². The molecule has 1 aromatic heterocycles. The molecule has 7 heteroatoms. The van der Waals surface area contributed by atoms with Crippen molar-refractivity contribution in [3.63, 3.8) is 0 Å². The van der Waals surface area contributed by atoms with Crippen LogP contribution in [0.4, 0.5) is 4.79 Å². The van der Waals surface area contributed by atoms with Gasteiger partial charge in [0.05, 0.1) is 0 Å². The molecule has 0 aromatic carbocycles. The first-order valence-electron chi connectivity index (χ1n) is 3.99. The summed E-state index contributed by atoms with van der Waals surface area (Å²) in [6.45, 7) is 1.96. The summed E-state index contributed by atoms with van der Waals surface area (Å²) in [6, 6.07) is 0. The van der Waals surface area contributed by atoms with Gasteiger partial charge < -0.3 is 0 Å². The highest BCUT2D eigenvalue weighted by Crippen LogP contribution is 2.04. The van der Waals surface area contributed by atoms with Crippen molar-refractivity contribution < 1.29 is 9.59 Å². The summed E-state index contributed by atoms with van der Waals surface area (Å²) < 4.78 is 3.53. The van der Waals surface area contributed by atoms with E-state index in [0.29, 0.717) is 5.75 Å². The topological polar surface area (TPSA) is 72.0 Å². The number of aromatic nitrogens is 2. The number of rotatable bonds is 3. The van der Waals surface area contributed by atoms with Crippen LogP contribution in [0.1, 0.15) is 23.8 Å². The number of thioether (sulfide) groups is 1. The number of nitrogens with zero attached hydrogens (tertiary/aromatic N) is 2. The van der Waals surface area contributed by atoms with Crippen LogP contribution in [0.2, 0.25) is 0 Å². The fraction of sp³-hybridized carbons (Fsp3) is 0.429. The average molecular weight is 231 g/mol. The first-order valence-corrected chi connectivity index (χ1v) is 5.81.